The normalized spacial score (nSPS) is 16.9. The number of allylic oxidation sites excluding steroid dienone is 48. The van der Waals surface area contributed by atoms with Gasteiger partial charge in [0.2, 0.25) is 0 Å². The molecule has 0 aromatic heterocycles. The largest absolute Gasteiger partial charge is 5.00 e. The van der Waals surface area contributed by atoms with Crippen molar-refractivity contribution >= 4 is 35.4 Å². The van der Waals surface area contributed by atoms with E-state index in [1.807, 2.05) is 48.6 Å². The van der Waals surface area contributed by atoms with Gasteiger partial charge in [-0.3, -0.25) is 9.59 Å². The molecule has 0 aromatic rings. The Hall–Kier alpha value is -6.42. The van der Waals surface area contributed by atoms with Crippen molar-refractivity contribution in [1.29, 1.82) is 0 Å². The molecule has 0 unspecified atom stereocenters. The molecule has 0 spiro atoms. The summed E-state index contributed by atoms with van der Waals surface area (Å²) in [6.45, 7) is 0. The van der Waals surface area contributed by atoms with E-state index in [2.05, 4.69) is 238 Å². The summed E-state index contributed by atoms with van der Waals surface area (Å²) >= 11 is 0. The number of rotatable bonds is 4. The van der Waals surface area contributed by atoms with Crippen molar-refractivity contribution in [3.05, 3.63) is 502 Å². The van der Waals surface area contributed by atoms with Gasteiger partial charge in [-0.25, -0.2) is 19.2 Å². The first-order chi connectivity index (χ1) is 44.1. The minimum absolute atomic E-state index is 0. The van der Waals surface area contributed by atoms with E-state index >= 15 is 0 Å². The Morgan fingerprint density at radius 3 is 0.417 bits per heavy atom. The molecule has 691 valence electrons. The first kappa shape index (κ1) is 206. The van der Waals surface area contributed by atoms with Crippen molar-refractivity contribution < 1.29 is 145 Å². The molecular formula is C105H171O10Ru5. The molecule has 10 nitrogen and oxygen atoms in total. The maximum Gasteiger partial charge on any atom is 5.00 e. The average molecular weight is 2100 g/mol. The van der Waals surface area contributed by atoms with Gasteiger partial charge in [-0.05, 0) is 138 Å². The summed E-state index contributed by atoms with van der Waals surface area (Å²) in [7, 11) is 4.90. The molecule has 11 aliphatic carbocycles. The average Bonchev–Trinajstić information content (AvgIpc) is 1.74. The van der Waals surface area contributed by atoms with Gasteiger partial charge in [-0.1, -0.05) is 267 Å². The quantitative estimate of drug-likeness (QED) is 0.0508. The molecule has 11 rings (SSSR count). The van der Waals surface area contributed by atoms with E-state index < -0.39 is 23.9 Å². The van der Waals surface area contributed by atoms with Crippen LogP contribution in [0.3, 0.4) is 0 Å². The van der Waals surface area contributed by atoms with Crippen molar-refractivity contribution in [2.75, 3.05) is 28.4 Å². The van der Waals surface area contributed by atoms with E-state index in [-0.39, 0.29) is 295 Å². The Morgan fingerprint density at radius 2 is 0.317 bits per heavy atom. The molecule has 11 aliphatic rings. The fourth-order valence-corrected chi connectivity index (χ4v) is 7.69. The Bertz CT molecular complexity index is 2440. The maximum absolute atomic E-state index is 10.3. The molecule has 0 saturated carbocycles. The van der Waals surface area contributed by atoms with Crippen LogP contribution in [-0.4, -0.2) is 63.9 Å². The number of carbonyl (C=O) groups is 6. The summed E-state index contributed by atoms with van der Waals surface area (Å²) in [5.74, 6) is 0.686. The zero-order chi connectivity index (χ0) is 65.3. The van der Waals surface area contributed by atoms with Crippen LogP contribution in [0.15, 0.2) is 316 Å². The second kappa shape index (κ2) is 160. The van der Waals surface area contributed by atoms with Gasteiger partial charge < -0.3 is 205 Å². The van der Waals surface area contributed by atoms with E-state index in [4.69, 9.17) is 0 Å². The third-order valence-electron chi connectivity index (χ3n) is 12.5. The minimum Gasteiger partial charge on any atom is -0.466 e. The van der Waals surface area contributed by atoms with Gasteiger partial charge in [0, 0.05) is 24.3 Å². The van der Waals surface area contributed by atoms with Gasteiger partial charge in [0.15, 0.2) is 11.6 Å². The molecule has 5 radical (unpaired) electrons. The molecule has 15 heteroatoms. The molecule has 4 bridgehead atoms. The summed E-state index contributed by atoms with van der Waals surface area (Å²) in [5.41, 5.74) is 0. The number of methoxy groups -OCH3 is 4. The second-order valence-corrected chi connectivity index (χ2v) is 19.8. The second-order valence-electron chi connectivity index (χ2n) is 19.8. The van der Waals surface area contributed by atoms with Gasteiger partial charge in [0.25, 0.3) is 0 Å². The molecule has 0 atom stereocenters. The SMILES string of the molecule is C1=C/C=C\C=C/C=C1.C1=C/C=C\CCC=C1.C1=C/C=C\CCC=C1.C1=C/C=C\CCC=C1.C1=C/C=C\CCC=C1.C1=CC2C=CC1C2.C1=CC2C=CC1C2.C1=CCC/C=C\CC1.COC(=O)/C=C/C(=O)OC.COC(=O)/C=C/C(=O)OC.O=C1C=CC(=O)C=C1.[CH3-].[CH3-].[CH3-].[CH3-].[CH3-].[CH3-].[CH3-].[CH3-].[CH3-].[CH3-].[CH3-].[CH3-].[CH3-].[CH3-].[CH3-].[CH3-].[CH3-].[CH3-].[CH3-].[CH3-].[CH3-].[CH3-].[CH3-].[CH3-].[CH3-].[Ru+5].[Ru+5].[Ru+5].[Ru+5].[Ru+5]. The topological polar surface area (TPSA) is 139 Å². The molecule has 0 heterocycles. The smallest absolute Gasteiger partial charge is 0.466 e. The van der Waals surface area contributed by atoms with Crippen LogP contribution in [0.1, 0.15) is 89.9 Å². The van der Waals surface area contributed by atoms with Gasteiger partial charge in [0.1, 0.15) is 0 Å². The third-order valence-corrected chi connectivity index (χ3v) is 12.5. The van der Waals surface area contributed by atoms with Crippen LogP contribution in [0.2, 0.25) is 0 Å². The molecule has 120 heavy (non-hydrogen) atoms. The van der Waals surface area contributed by atoms with Crippen molar-refractivity contribution in [2.45, 2.75) is 89.9 Å². The van der Waals surface area contributed by atoms with Crippen molar-refractivity contribution in [1.82, 2.24) is 0 Å². The summed E-state index contributed by atoms with van der Waals surface area (Å²) in [6.07, 6.45) is 120. The number of hydrogen-bond donors (Lipinski definition) is 0. The number of esters is 4. The Labute approximate surface area is 817 Å². The van der Waals surface area contributed by atoms with Gasteiger partial charge in [0.05, 0.1) is 28.4 Å². The first-order valence-corrected chi connectivity index (χ1v) is 30.8. The van der Waals surface area contributed by atoms with E-state index in [1.54, 1.807) is 0 Å². The van der Waals surface area contributed by atoms with Crippen LogP contribution in [0.25, 0.3) is 0 Å². The van der Waals surface area contributed by atoms with Gasteiger partial charge in [-0.2, -0.15) is 0 Å². The minimum atomic E-state index is -0.578. The number of carbonyl (C=O) groups excluding carboxylic acids is 6. The van der Waals surface area contributed by atoms with Crippen LogP contribution in [0.4, 0.5) is 0 Å². The first-order valence-electron chi connectivity index (χ1n) is 30.8. The summed E-state index contributed by atoms with van der Waals surface area (Å²) in [4.78, 5) is 61.8. The summed E-state index contributed by atoms with van der Waals surface area (Å²) in [6, 6.07) is 0. The van der Waals surface area contributed by atoms with Crippen LogP contribution >= 0.6 is 0 Å². The molecule has 0 fully saturated rings. The van der Waals surface area contributed by atoms with Gasteiger partial charge >= 0.3 is 121 Å². The Balaban J connectivity index is -0.0000000259. The van der Waals surface area contributed by atoms with Crippen LogP contribution in [-0.2, 0) is 145 Å². The van der Waals surface area contributed by atoms with E-state index in [0.29, 0.717) is 0 Å². The van der Waals surface area contributed by atoms with E-state index in [0.717, 1.165) is 48.0 Å². The number of ether oxygens (including phenoxy) is 4. The van der Waals surface area contributed by atoms with Gasteiger partial charge in [-0.15, -0.1) is 0 Å². The number of ketones is 2. The predicted octanol–water partition coefficient (Wildman–Crippen LogP) is 29.5. The summed E-state index contributed by atoms with van der Waals surface area (Å²) in [5, 5.41) is 0. The monoisotopic (exact) mass is 2100 g/mol. The molecule has 0 aliphatic heterocycles. The van der Waals surface area contributed by atoms with E-state index in [1.165, 1.54) is 143 Å². The number of fused-ring (bicyclic) bond motifs is 4. The molecule has 0 amide bonds. The zero-order valence-electron chi connectivity index (χ0n) is 80.1. The molecule has 0 aromatic carbocycles. The standard InChI is InChI=1S/C8H12.4C8H10.C8H8.2C7H8.2C6H8O4.C6H4O2.25CH3.5Ru/c6*1-2-4-6-8-7-5-3-1;2*1-2-7-4-3-6(1)5-7;2*1-9-5(7)3-4-6(8)10-2;7-5-1-2-6(8)4-3-5;;;;;;;;;;;;;;;;;;;;;;;;;;;;;;/h1-2,7-8H,3-6H2;4*1-6H,7-8H2;1-8H;2*1-4,6-7H,5H2;2*3-4H,1-2H3;1-4H;25*1H3;;;;;/q;;;;;;;;;;;25*-1;5*+5/b2-1-,8-7?;4*2-1?,5-3-,6-4?;2-1-,3-1?,4-2?,5-3-,6-4?,7-5?,8-6?,8-7?;;;2*4-3+;;;;;;;;;;;;;;;;;;;;;;;;;;;;;;;. The number of hydrogen-bond acceptors (Lipinski definition) is 10. The van der Waals surface area contributed by atoms with Crippen molar-refractivity contribution in [3.8, 4) is 0 Å². The molecule has 0 saturated heterocycles. The third kappa shape index (κ3) is 143. The fourth-order valence-electron chi connectivity index (χ4n) is 7.69. The summed E-state index contributed by atoms with van der Waals surface area (Å²) < 4.78 is 16.8. The van der Waals surface area contributed by atoms with Crippen LogP contribution < -0.4 is 0 Å². The zero-order valence-corrected chi connectivity index (χ0v) is 88.8. The fraction of sp³-hybridized carbons (Fsp3) is 0.210. The van der Waals surface area contributed by atoms with Crippen LogP contribution in [0.5, 0.6) is 0 Å². The Kier molecular flexibility index (Phi) is 275. The predicted molar refractivity (Wildman–Crippen MR) is 535 cm³/mol. The maximum atomic E-state index is 10.3. The van der Waals surface area contributed by atoms with Crippen molar-refractivity contribution in [2.24, 2.45) is 23.7 Å². The van der Waals surface area contributed by atoms with E-state index in [9.17, 15) is 28.8 Å². The molecular weight excluding hydrogens is 1930 g/mol. The van der Waals surface area contributed by atoms with Crippen LogP contribution in [0, 0.1) is 209 Å². The Morgan fingerprint density at radius 1 is 0.208 bits per heavy atom. The molecule has 0 N–H and O–H groups in total. The van der Waals surface area contributed by atoms with Crippen molar-refractivity contribution in [3.63, 3.8) is 0 Å².